The summed E-state index contributed by atoms with van der Waals surface area (Å²) in [6.07, 6.45) is -4.37. The summed E-state index contributed by atoms with van der Waals surface area (Å²) in [5, 5.41) is 14.7. The Kier molecular flexibility index (Phi) is 3.87. The van der Waals surface area contributed by atoms with Crippen LogP contribution in [0.5, 0.6) is 0 Å². The van der Waals surface area contributed by atoms with E-state index in [-0.39, 0.29) is 25.9 Å². The molecule has 2 bridgehead atoms. The van der Waals surface area contributed by atoms with E-state index in [0.29, 0.717) is 5.56 Å². The second kappa shape index (κ2) is 5.37. The fourth-order valence-corrected chi connectivity index (χ4v) is 4.03. The van der Waals surface area contributed by atoms with Crippen molar-refractivity contribution < 1.29 is 23.1 Å². The minimum atomic E-state index is -4.20. The third-order valence-electron chi connectivity index (χ3n) is 4.75. The number of aliphatic hydroxyl groups excluding tert-OH is 1. The highest BCUT2D eigenvalue weighted by Crippen LogP contribution is 2.73. The van der Waals surface area contributed by atoms with Gasteiger partial charge in [0.25, 0.3) is 0 Å². The molecule has 4 rings (SSSR count). The van der Waals surface area contributed by atoms with Crippen LogP contribution in [0, 0.1) is 5.41 Å². The monoisotopic (exact) mass is 392 g/mol. The lowest BCUT2D eigenvalue weighted by Gasteiger charge is -2.70. The minimum Gasteiger partial charge on any atom is -0.394 e. The van der Waals surface area contributed by atoms with Gasteiger partial charge in [-0.15, -0.1) is 0 Å². The predicted molar refractivity (Wildman–Crippen MR) is 80.7 cm³/mol. The van der Waals surface area contributed by atoms with Gasteiger partial charge < -0.3 is 15.7 Å². The molecule has 2 amide bonds. The Hall–Kier alpha value is -1.28. The molecule has 0 unspecified atom stereocenters. The van der Waals surface area contributed by atoms with Gasteiger partial charge in [0.1, 0.15) is 0 Å². The molecule has 0 aliphatic heterocycles. The van der Waals surface area contributed by atoms with Crippen molar-refractivity contribution in [3.05, 3.63) is 34.3 Å². The fourth-order valence-electron chi connectivity index (χ4n) is 3.61. The molecule has 0 spiro atoms. The van der Waals surface area contributed by atoms with Crippen LogP contribution in [0.4, 0.5) is 18.0 Å². The summed E-state index contributed by atoms with van der Waals surface area (Å²) in [6.45, 7) is -0.302. The maximum Gasteiger partial charge on any atom is 0.394 e. The Balaban J connectivity index is 1.56. The van der Waals surface area contributed by atoms with Crippen molar-refractivity contribution in [3.8, 4) is 0 Å². The van der Waals surface area contributed by atoms with Crippen LogP contribution in [0.15, 0.2) is 28.7 Å². The average molecular weight is 393 g/mol. The van der Waals surface area contributed by atoms with E-state index in [0.717, 1.165) is 4.47 Å². The number of rotatable bonds is 4. The van der Waals surface area contributed by atoms with Crippen LogP contribution >= 0.6 is 15.9 Å². The van der Waals surface area contributed by atoms with Gasteiger partial charge in [-0.3, -0.25) is 0 Å². The Morgan fingerprint density at radius 1 is 1.35 bits per heavy atom. The maximum absolute atomic E-state index is 12.8. The summed E-state index contributed by atoms with van der Waals surface area (Å²) < 4.78 is 39.2. The van der Waals surface area contributed by atoms with Gasteiger partial charge >= 0.3 is 12.2 Å². The lowest BCUT2D eigenvalue weighted by atomic mass is 9.39. The fraction of sp³-hybridized carbons (Fsp3) is 0.533. The highest BCUT2D eigenvalue weighted by Gasteiger charge is 2.79. The van der Waals surface area contributed by atoms with Gasteiger partial charge in [-0.05, 0) is 37.0 Å². The first kappa shape index (κ1) is 16.6. The van der Waals surface area contributed by atoms with Crippen LogP contribution in [0.2, 0.25) is 0 Å². The maximum atomic E-state index is 12.8. The molecule has 0 radical (unpaired) electrons. The zero-order chi connectivity index (χ0) is 16.9. The average Bonchev–Trinajstić information content (AvgIpc) is 2.37. The van der Waals surface area contributed by atoms with E-state index < -0.39 is 29.2 Å². The van der Waals surface area contributed by atoms with Crippen molar-refractivity contribution in [1.29, 1.82) is 0 Å². The quantitative estimate of drug-likeness (QED) is 0.736. The van der Waals surface area contributed by atoms with E-state index in [1.807, 2.05) is 6.07 Å². The molecule has 3 aliphatic carbocycles. The highest BCUT2D eigenvalue weighted by atomic mass is 79.9. The minimum absolute atomic E-state index is 0.0579. The number of alkyl halides is 3. The third kappa shape index (κ3) is 2.82. The van der Waals surface area contributed by atoms with Crippen molar-refractivity contribution >= 4 is 22.0 Å². The van der Waals surface area contributed by atoms with Gasteiger partial charge in [0.2, 0.25) is 0 Å². The Morgan fingerprint density at radius 3 is 2.52 bits per heavy atom. The summed E-state index contributed by atoms with van der Waals surface area (Å²) in [7, 11) is 0. The number of hydrogen-bond acceptors (Lipinski definition) is 2. The molecular weight excluding hydrogens is 377 g/mol. The molecule has 8 heteroatoms. The molecule has 0 aromatic heterocycles. The van der Waals surface area contributed by atoms with Gasteiger partial charge in [0.15, 0.2) is 0 Å². The smallest absolute Gasteiger partial charge is 0.394 e. The van der Waals surface area contributed by atoms with Gasteiger partial charge in [0.05, 0.1) is 18.1 Å². The predicted octanol–water partition coefficient (Wildman–Crippen LogP) is 3.27. The second-order valence-corrected chi connectivity index (χ2v) is 7.39. The van der Waals surface area contributed by atoms with Crippen LogP contribution in [0.1, 0.15) is 30.9 Å². The van der Waals surface area contributed by atoms with Gasteiger partial charge in [-0.2, -0.15) is 13.2 Å². The number of aliphatic hydroxyl groups is 1. The molecule has 3 aliphatic rings. The molecular formula is C15H16BrF3N2O2. The standard InChI is InChI=1S/C15H16BrF3N2O2/c16-10-3-1-2-9(4-10)11(5-22)20-12(23)21-14-6-13(7-14,8-14)15(17,18)19/h1-4,11,22H,5-8H2,(H2,20,21,23)/t11-,13?,14?/m1/s1. The molecule has 4 nitrogen and oxygen atoms in total. The molecule has 1 atom stereocenters. The van der Waals surface area contributed by atoms with Crippen molar-refractivity contribution in [2.45, 2.75) is 37.0 Å². The molecule has 0 heterocycles. The number of urea groups is 1. The van der Waals surface area contributed by atoms with E-state index in [9.17, 15) is 23.1 Å². The number of amides is 2. The number of nitrogens with one attached hydrogen (secondary N) is 2. The molecule has 3 fully saturated rings. The molecule has 1 aromatic rings. The van der Waals surface area contributed by atoms with Gasteiger partial charge in [-0.25, -0.2) is 4.79 Å². The Labute approximate surface area is 139 Å². The molecule has 0 saturated heterocycles. The normalized spacial score (nSPS) is 30.0. The summed E-state index contributed by atoms with van der Waals surface area (Å²) in [4.78, 5) is 12.0. The van der Waals surface area contributed by atoms with Crippen molar-refractivity contribution in [3.63, 3.8) is 0 Å². The van der Waals surface area contributed by atoms with Crippen molar-refractivity contribution in [1.82, 2.24) is 10.6 Å². The van der Waals surface area contributed by atoms with Crippen LogP contribution in [0.25, 0.3) is 0 Å². The van der Waals surface area contributed by atoms with E-state index >= 15 is 0 Å². The molecule has 3 N–H and O–H groups in total. The number of carbonyl (C=O) groups is 1. The summed E-state index contributed by atoms with van der Waals surface area (Å²) in [6, 6.07) is 5.94. The van der Waals surface area contributed by atoms with Crippen LogP contribution in [-0.4, -0.2) is 29.5 Å². The number of hydrogen-bond donors (Lipinski definition) is 3. The SMILES string of the molecule is O=C(N[C@H](CO)c1cccc(Br)c1)NC12CC(C(F)(F)F)(C1)C2. The van der Waals surface area contributed by atoms with Gasteiger partial charge in [0, 0.05) is 10.0 Å². The lowest BCUT2D eigenvalue weighted by molar-refractivity contribution is -0.336. The summed E-state index contributed by atoms with van der Waals surface area (Å²) in [5.41, 5.74) is -1.63. The van der Waals surface area contributed by atoms with Crippen LogP contribution < -0.4 is 10.6 Å². The summed E-state index contributed by atoms with van der Waals surface area (Å²) in [5.74, 6) is 0. The van der Waals surface area contributed by atoms with E-state index in [4.69, 9.17) is 0 Å². The zero-order valence-electron chi connectivity index (χ0n) is 12.1. The van der Waals surface area contributed by atoms with Crippen LogP contribution in [-0.2, 0) is 0 Å². The first-order valence-electron chi connectivity index (χ1n) is 7.20. The first-order valence-corrected chi connectivity index (χ1v) is 8.00. The molecule has 1 aromatic carbocycles. The van der Waals surface area contributed by atoms with Crippen LogP contribution in [0.3, 0.4) is 0 Å². The van der Waals surface area contributed by atoms with Crippen molar-refractivity contribution in [2.75, 3.05) is 6.61 Å². The topological polar surface area (TPSA) is 61.4 Å². The van der Waals surface area contributed by atoms with E-state index in [2.05, 4.69) is 26.6 Å². The lowest BCUT2D eigenvalue weighted by Crippen LogP contribution is -2.79. The van der Waals surface area contributed by atoms with Crippen molar-refractivity contribution in [2.24, 2.45) is 5.41 Å². The van der Waals surface area contributed by atoms with E-state index in [1.165, 1.54) is 0 Å². The second-order valence-electron chi connectivity index (χ2n) is 6.48. The largest absolute Gasteiger partial charge is 0.394 e. The molecule has 3 saturated carbocycles. The van der Waals surface area contributed by atoms with E-state index in [1.54, 1.807) is 18.2 Å². The first-order chi connectivity index (χ1) is 10.7. The Bertz CT molecular complexity index is 616. The molecule has 23 heavy (non-hydrogen) atoms. The molecule has 126 valence electrons. The highest BCUT2D eigenvalue weighted by molar-refractivity contribution is 9.10. The number of carbonyl (C=O) groups excluding carboxylic acids is 1. The third-order valence-corrected chi connectivity index (χ3v) is 5.24. The summed E-state index contributed by atoms with van der Waals surface area (Å²) >= 11 is 3.31. The van der Waals surface area contributed by atoms with Gasteiger partial charge in [-0.1, -0.05) is 28.1 Å². The number of halogens is 4. The zero-order valence-corrected chi connectivity index (χ0v) is 13.7. The Morgan fingerprint density at radius 2 is 2.00 bits per heavy atom. The number of benzene rings is 1.